The van der Waals surface area contributed by atoms with E-state index in [-0.39, 0.29) is 11.8 Å². The first-order valence-electron chi connectivity index (χ1n) is 7.26. The Morgan fingerprint density at radius 3 is 2.91 bits per heavy atom. The fourth-order valence-electron chi connectivity index (χ4n) is 2.49. The topological polar surface area (TPSA) is 80.1 Å². The van der Waals surface area contributed by atoms with Crippen molar-refractivity contribution >= 4 is 23.2 Å². The van der Waals surface area contributed by atoms with Crippen molar-refractivity contribution in [3.63, 3.8) is 0 Å². The molecular weight excluding hydrogens is 282 g/mol. The molecule has 7 heteroatoms. The number of aromatic nitrogens is 3. The second kappa shape index (κ2) is 6.38. The van der Waals surface area contributed by atoms with Gasteiger partial charge in [0, 0.05) is 19.4 Å². The predicted octanol–water partition coefficient (Wildman–Crippen LogP) is 1.43. The minimum atomic E-state index is -0.116. The van der Waals surface area contributed by atoms with Crippen LogP contribution in [0, 0.1) is 0 Å². The fourth-order valence-corrected chi connectivity index (χ4v) is 2.49. The summed E-state index contributed by atoms with van der Waals surface area (Å²) in [7, 11) is 0. The van der Waals surface area contributed by atoms with Gasteiger partial charge in [-0.2, -0.15) is 5.10 Å². The zero-order valence-electron chi connectivity index (χ0n) is 12.1. The molecule has 0 bridgehead atoms. The van der Waals surface area contributed by atoms with E-state index in [0.717, 1.165) is 12.1 Å². The van der Waals surface area contributed by atoms with Crippen LogP contribution in [0.15, 0.2) is 36.9 Å². The van der Waals surface area contributed by atoms with E-state index >= 15 is 0 Å². The summed E-state index contributed by atoms with van der Waals surface area (Å²) in [5, 5.41) is 6.83. The predicted molar refractivity (Wildman–Crippen MR) is 81.3 cm³/mol. The van der Waals surface area contributed by atoms with Crippen LogP contribution in [0.2, 0.25) is 0 Å². The number of nitrogens with zero attached hydrogens (tertiary/aromatic N) is 4. The van der Waals surface area contributed by atoms with Crippen LogP contribution in [0.25, 0.3) is 0 Å². The second-order valence-electron chi connectivity index (χ2n) is 5.12. The Balaban J connectivity index is 1.67. The molecule has 114 valence electrons. The summed E-state index contributed by atoms with van der Waals surface area (Å²) in [6.07, 6.45) is 4.73. The molecule has 1 fully saturated rings. The van der Waals surface area contributed by atoms with Gasteiger partial charge in [-0.3, -0.25) is 14.3 Å². The van der Waals surface area contributed by atoms with Crippen LogP contribution in [0.1, 0.15) is 19.3 Å². The molecule has 0 aliphatic carbocycles. The molecule has 1 aliphatic heterocycles. The average molecular weight is 299 g/mol. The maximum Gasteiger partial charge on any atom is 0.227 e. The molecule has 2 aromatic rings. The lowest BCUT2D eigenvalue weighted by molar-refractivity contribution is -0.117. The molecule has 1 aliphatic rings. The number of carbonyl (C=O) groups is 2. The first-order valence-corrected chi connectivity index (χ1v) is 7.26. The smallest absolute Gasteiger partial charge is 0.227 e. The number of rotatable bonds is 5. The van der Waals surface area contributed by atoms with E-state index in [1.54, 1.807) is 15.9 Å². The summed E-state index contributed by atoms with van der Waals surface area (Å²) in [4.78, 5) is 29.5. The number of benzene rings is 1. The zero-order chi connectivity index (χ0) is 15.4. The van der Waals surface area contributed by atoms with Gasteiger partial charge in [-0.15, -0.1) is 0 Å². The van der Waals surface area contributed by atoms with Crippen molar-refractivity contribution in [1.29, 1.82) is 0 Å². The number of aryl methyl sites for hydroxylation is 1. The summed E-state index contributed by atoms with van der Waals surface area (Å²) < 4.78 is 1.61. The van der Waals surface area contributed by atoms with Gasteiger partial charge < -0.3 is 10.2 Å². The number of para-hydroxylation sites is 2. The normalized spacial score (nSPS) is 14.4. The first kappa shape index (κ1) is 14.2. The molecule has 1 saturated heterocycles. The maximum absolute atomic E-state index is 12.1. The van der Waals surface area contributed by atoms with Crippen molar-refractivity contribution < 1.29 is 9.59 Å². The van der Waals surface area contributed by atoms with Gasteiger partial charge in [0.2, 0.25) is 11.8 Å². The lowest BCUT2D eigenvalue weighted by Gasteiger charge is -2.19. The number of hydrogen-bond acceptors (Lipinski definition) is 4. The molecule has 22 heavy (non-hydrogen) atoms. The Hall–Kier alpha value is -2.70. The summed E-state index contributed by atoms with van der Waals surface area (Å²) in [5.74, 6) is -0.0149. The van der Waals surface area contributed by atoms with E-state index in [2.05, 4.69) is 15.4 Å². The molecule has 2 amide bonds. The molecule has 1 aromatic carbocycles. The van der Waals surface area contributed by atoms with Gasteiger partial charge in [-0.05, 0) is 18.6 Å². The highest BCUT2D eigenvalue weighted by Gasteiger charge is 2.24. The van der Waals surface area contributed by atoms with Crippen LogP contribution in [-0.4, -0.2) is 33.1 Å². The number of hydrogen-bond donors (Lipinski definition) is 1. The third-order valence-electron chi connectivity index (χ3n) is 3.58. The molecule has 0 atom stereocenters. The highest BCUT2D eigenvalue weighted by atomic mass is 16.2. The van der Waals surface area contributed by atoms with E-state index < -0.39 is 0 Å². The molecule has 0 saturated carbocycles. The van der Waals surface area contributed by atoms with Gasteiger partial charge in [0.1, 0.15) is 12.7 Å². The molecule has 0 spiro atoms. The summed E-state index contributed by atoms with van der Waals surface area (Å²) in [5.41, 5.74) is 1.43. The summed E-state index contributed by atoms with van der Waals surface area (Å²) in [6.45, 7) is 1.17. The average Bonchev–Trinajstić information content (AvgIpc) is 3.17. The zero-order valence-corrected chi connectivity index (χ0v) is 12.1. The SMILES string of the molecule is O=C(CCn1cncn1)Nc1ccccc1N1CCCC1=O. The highest BCUT2D eigenvalue weighted by molar-refractivity contribution is 6.02. The highest BCUT2D eigenvalue weighted by Crippen LogP contribution is 2.29. The first-order chi connectivity index (χ1) is 10.7. The molecular formula is C15H17N5O2. The molecule has 1 N–H and O–H groups in total. The fraction of sp³-hybridized carbons (Fsp3) is 0.333. The maximum atomic E-state index is 12.1. The molecule has 7 nitrogen and oxygen atoms in total. The van der Waals surface area contributed by atoms with E-state index in [9.17, 15) is 9.59 Å². The van der Waals surface area contributed by atoms with Crippen LogP contribution >= 0.6 is 0 Å². The van der Waals surface area contributed by atoms with Crippen LogP contribution in [0.4, 0.5) is 11.4 Å². The quantitative estimate of drug-likeness (QED) is 0.905. The van der Waals surface area contributed by atoms with E-state index in [4.69, 9.17) is 0 Å². The van der Waals surface area contributed by atoms with Crippen molar-refractivity contribution in [2.24, 2.45) is 0 Å². The van der Waals surface area contributed by atoms with E-state index in [0.29, 0.717) is 31.6 Å². The lowest BCUT2D eigenvalue weighted by Crippen LogP contribution is -2.25. The van der Waals surface area contributed by atoms with Crippen LogP contribution in [0.5, 0.6) is 0 Å². The van der Waals surface area contributed by atoms with Gasteiger partial charge in [0.15, 0.2) is 0 Å². The van der Waals surface area contributed by atoms with Gasteiger partial charge in [-0.1, -0.05) is 12.1 Å². The number of carbonyl (C=O) groups excluding carboxylic acids is 2. The molecule has 3 rings (SSSR count). The molecule has 0 radical (unpaired) electrons. The number of anilines is 2. The molecule has 2 heterocycles. The van der Waals surface area contributed by atoms with Gasteiger partial charge in [0.05, 0.1) is 17.9 Å². The Labute approximate surface area is 127 Å². The largest absolute Gasteiger partial charge is 0.324 e. The second-order valence-corrected chi connectivity index (χ2v) is 5.12. The van der Waals surface area contributed by atoms with Crippen LogP contribution in [0.3, 0.4) is 0 Å². The van der Waals surface area contributed by atoms with Crippen molar-refractivity contribution in [2.45, 2.75) is 25.8 Å². The monoisotopic (exact) mass is 299 g/mol. The van der Waals surface area contributed by atoms with Crippen molar-refractivity contribution in [3.8, 4) is 0 Å². The van der Waals surface area contributed by atoms with Gasteiger partial charge in [-0.25, -0.2) is 4.98 Å². The molecule has 1 aromatic heterocycles. The Kier molecular flexibility index (Phi) is 4.13. The van der Waals surface area contributed by atoms with Gasteiger partial charge >= 0.3 is 0 Å². The summed E-state index contributed by atoms with van der Waals surface area (Å²) >= 11 is 0. The van der Waals surface area contributed by atoms with Crippen molar-refractivity contribution in [3.05, 3.63) is 36.9 Å². The third kappa shape index (κ3) is 3.13. The van der Waals surface area contributed by atoms with Crippen LogP contribution < -0.4 is 10.2 Å². The van der Waals surface area contributed by atoms with E-state index in [1.165, 1.54) is 6.33 Å². The Bertz CT molecular complexity index is 668. The van der Waals surface area contributed by atoms with E-state index in [1.807, 2.05) is 24.3 Å². The standard InChI is InChI=1S/C15H17N5O2/c21-14(7-9-19-11-16-10-17-19)18-12-4-1-2-5-13(12)20-8-3-6-15(20)22/h1-2,4-5,10-11H,3,6-9H2,(H,18,21). The van der Waals surface area contributed by atoms with Crippen LogP contribution in [-0.2, 0) is 16.1 Å². The number of amides is 2. The Morgan fingerprint density at radius 1 is 1.32 bits per heavy atom. The Morgan fingerprint density at radius 2 is 2.18 bits per heavy atom. The van der Waals surface area contributed by atoms with Gasteiger partial charge in [0.25, 0.3) is 0 Å². The minimum absolute atomic E-state index is 0.101. The van der Waals surface area contributed by atoms with Crippen molar-refractivity contribution in [2.75, 3.05) is 16.8 Å². The van der Waals surface area contributed by atoms with Crippen molar-refractivity contribution in [1.82, 2.24) is 14.8 Å². The number of nitrogens with one attached hydrogen (secondary N) is 1. The molecule has 0 unspecified atom stereocenters. The minimum Gasteiger partial charge on any atom is -0.324 e. The third-order valence-corrected chi connectivity index (χ3v) is 3.58. The summed E-state index contributed by atoms with van der Waals surface area (Å²) in [6, 6.07) is 7.38. The lowest BCUT2D eigenvalue weighted by atomic mass is 10.2.